The van der Waals surface area contributed by atoms with Crippen molar-refractivity contribution in [3.63, 3.8) is 0 Å². The third kappa shape index (κ3) is 5.71. The van der Waals surface area contributed by atoms with Crippen molar-refractivity contribution in [2.24, 2.45) is 0 Å². The van der Waals surface area contributed by atoms with Crippen LogP contribution in [0.3, 0.4) is 0 Å². The Balaban J connectivity index is 1.32. The number of hydrogen-bond acceptors (Lipinski definition) is 5. The van der Waals surface area contributed by atoms with Gasteiger partial charge in [0.2, 0.25) is 0 Å². The molecule has 3 heterocycles. The van der Waals surface area contributed by atoms with Crippen molar-refractivity contribution in [1.82, 2.24) is 4.90 Å². The number of carbonyl (C=O) groups is 2. The molecule has 0 spiro atoms. The summed E-state index contributed by atoms with van der Waals surface area (Å²) < 4.78 is 11.8. The van der Waals surface area contributed by atoms with Gasteiger partial charge in [0.15, 0.2) is 5.75 Å². The molecule has 0 radical (unpaired) electrons. The second-order valence-corrected chi connectivity index (χ2v) is 12.4. The minimum absolute atomic E-state index is 0.0449. The average Bonchev–Trinajstić information content (AvgIpc) is 3.43. The highest BCUT2D eigenvalue weighted by atomic mass is 35.5. The maximum absolute atomic E-state index is 12.9. The highest BCUT2D eigenvalue weighted by molar-refractivity contribution is 6.37. The Hall–Kier alpha value is -2.90. The first kappa shape index (κ1) is 27.7. The van der Waals surface area contributed by atoms with Gasteiger partial charge < -0.3 is 19.5 Å². The van der Waals surface area contributed by atoms with Gasteiger partial charge >= 0.3 is 12.1 Å². The summed E-state index contributed by atoms with van der Waals surface area (Å²) in [5.74, 6) is -0.465. The third-order valence-electron chi connectivity index (χ3n) is 7.59. The van der Waals surface area contributed by atoms with Crippen LogP contribution in [0.25, 0.3) is 5.57 Å². The zero-order valence-corrected chi connectivity index (χ0v) is 24.2. The number of carboxylic acids is 1. The molecule has 0 unspecified atom stereocenters. The van der Waals surface area contributed by atoms with Gasteiger partial charge in [-0.05, 0) is 87.9 Å². The molecule has 7 nitrogen and oxygen atoms in total. The van der Waals surface area contributed by atoms with Crippen LogP contribution in [0.2, 0.25) is 10.0 Å². The number of fused-ring (bicyclic) bond motifs is 2. The van der Waals surface area contributed by atoms with Gasteiger partial charge in [0.05, 0.1) is 28.2 Å². The Morgan fingerprint density at radius 3 is 2.31 bits per heavy atom. The molecule has 3 aliphatic heterocycles. The van der Waals surface area contributed by atoms with Gasteiger partial charge in [0.1, 0.15) is 11.7 Å². The lowest BCUT2D eigenvalue weighted by Crippen LogP contribution is -2.48. The molecule has 2 bridgehead atoms. The van der Waals surface area contributed by atoms with Crippen LogP contribution in [0.1, 0.15) is 57.6 Å². The molecule has 39 heavy (non-hydrogen) atoms. The van der Waals surface area contributed by atoms with Gasteiger partial charge in [0, 0.05) is 24.7 Å². The summed E-state index contributed by atoms with van der Waals surface area (Å²) in [4.78, 5) is 29.2. The predicted molar refractivity (Wildman–Crippen MR) is 153 cm³/mol. The molecule has 0 aromatic heterocycles. The van der Waals surface area contributed by atoms with Gasteiger partial charge in [0.25, 0.3) is 0 Å². The Morgan fingerprint density at radius 2 is 1.69 bits per heavy atom. The number of hydrogen-bond donors (Lipinski definition) is 1. The van der Waals surface area contributed by atoms with Gasteiger partial charge in [-0.2, -0.15) is 0 Å². The number of benzene rings is 2. The lowest BCUT2D eigenvalue weighted by atomic mass is 9.88. The number of nitrogens with zero attached hydrogens (tertiary/aromatic N) is 2. The van der Waals surface area contributed by atoms with Crippen molar-refractivity contribution in [2.45, 2.75) is 77.2 Å². The second kappa shape index (κ2) is 10.6. The van der Waals surface area contributed by atoms with Crippen molar-refractivity contribution in [1.29, 1.82) is 0 Å². The Bertz CT molecular complexity index is 1290. The first-order valence-electron chi connectivity index (χ1n) is 13.4. The molecule has 3 aliphatic rings. The zero-order valence-electron chi connectivity index (χ0n) is 22.7. The third-order valence-corrected chi connectivity index (χ3v) is 8.15. The maximum atomic E-state index is 12.9. The summed E-state index contributed by atoms with van der Waals surface area (Å²) in [6, 6.07) is 11.2. The Morgan fingerprint density at radius 1 is 1.03 bits per heavy atom. The molecule has 0 saturated carbocycles. The van der Waals surface area contributed by atoms with E-state index in [2.05, 4.69) is 4.90 Å². The summed E-state index contributed by atoms with van der Waals surface area (Å²) in [7, 11) is 0. The zero-order chi connectivity index (χ0) is 28.1. The monoisotopic (exact) mass is 572 g/mol. The van der Waals surface area contributed by atoms with E-state index >= 15 is 0 Å². The first-order valence-corrected chi connectivity index (χ1v) is 14.1. The average molecular weight is 574 g/mol. The van der Waals surface area contributed by atoms with E-state index < -0.39 is 23.7 Å². The molecule has 2 fully saturated rings. The van der Waals surface area contributed by atoms with Crippen LogP contribution < -0.4 is 9.64 Å². The molecular formula is C30H34Cl2N2O5. The minimum atomic E-state index is -0.985. The second-order valence-electron chi connectivity index (χ2n) is 11.6. The van der Waals surface area contributed by atoms with Gasteiger partial charge in [-0.25, -0.2) is 9.59 Å². The van der Waals surface area contributed by atoms with Crippen molar-refractivity contribution in [3.05, 3.63) is 63.1 Å². The molecule has 5 rings (SSSR count). The van der Waals surface area contributed by atoms with Crippen molar-refractivity contribution < 1.29 is 24.2 Å². The number of rotatable bonds is 5. The molecule has 208 valence electrons. The standard InChI is InChI=1S/C30H34Cl2N2O5/c1-17-13-23(31)27(24(32)14-17)38-21-11-12-33(16-21)19-7-5-18(6-8-19)22-15-20-9-10-25(26(22)28(35)36)34(20)29(37)39-30(2,3)4/h5-8,13-14,20-21,25H,9-12,15-16H2,1-4H3,(H,35,36)/t20-,21-,25+/m1/s1. The molecule has 2 aromatic rings. The normalized spacial score (nSPS) is 22.9. The molecule has 9 heteroatoms. The van der Waals surface area contributed by atoms with Crippen LogP contribution in [-0.2, 0) is 9.53 Å². The van der Waals surface area contributed by atoms with Gasteiger partial charge in [-0.3, -0.25) is 4.90 Å². The van der Waals surface area contributed by atoms with Gasteiger partial charge in [-0.1, -0.05) is 35.3 Å². The Kier molecular flexibility index (Phi) is 7.51. The highest BCUT2D eigenvalue weighted by Crippen LogP contribution is 2.44. The smallest absolute Gasteiger partial charge is 0.411 e. The van der Waals surface area contributed by atoms with Crippen molar-refractivity contribution in [3.8, 4) is 5.75 Å². The molecule has 1 amide bonds. The molecule has 1 N–H and O–H groups in total. The summed E-state index contributed by atoms with van der Waals surface area (Å²) in [6.45, 7) is 8.91. The fraction of sp³-hybridized carbons (Fsp3) is 0.467. The fourth-order valence-corrected chi connectivity index (χ4v) is 6.63. The number of aliphatic carboxylic acids is 1. The summed E-state index contributed by atoms with van der Waals surface area (Å²) >= 11 is 12.7. The molecule has 2 saturated heterocycles. The lowest BCUT2D eigenvalue weighted by Gasteiger charge is -2.37. The van der Waals surface area contributed by atoms with E-state index in [0.29, 0.717) is 40.8 Å². The molecule has 0 aliphatic carbocycles. The number of anilines is 1. The largest absolute Gasteiger partial charge is 0.485 e. The topological polar surface area (TPSA) is 79.3 Å². The Labute approximate surface area is 239 Å². The lowest BCUT2D eigenvalue weighted by molar-refractivity contribution is -0.133. The van der Waals surface area contributed by atoms with Crippen LogP contribution in [0.15, 0.2) is 42.0 Å². The van der Waals surface area contributed by atoms with E-state index in [0.717, 1.165) is 41.8 Å². The maximum Gasteiger partial charge on any atom is 0.411 e. The summed E-state index contributed by atoms with van der Waals surface area (Å²) in [5.41, 5.74) is 3.35. The quantitative estimate of drug-likeness (QED) is 0.416. The summed E-state index contributed by atoms with van der Waals surface area (Å²) in [6.07, 6.45) is 2.22. The number of ether oxygens (including phenoxy) is 2. The molecule has 3 atom stereocenters. The SMILES string of the molecule is Cc1cc(Cl)c(O[C@@H]2CCN(c3ccc(C4=C(C(=O)O)[C@@H]5CC[C@H](C4)N5C(=O)OC(C)(C)C)cc3)C2)c(Cl)c1. The van der Waals surface area contributed by atoms with Crippen LogP contribution in [-0.4, -0.2) is 58.9 Å². The first-order chi connectivity index (χ1) is 18.4. The van der Waals surface area contributed by atoms with E-state index in [1.165, 1.54) is 0 Å². The van der Waals surface area contributed by atoms with Crippen LogP contribution in [0, 0.1) is 6.92 Å². The van der Waals surface area contributed by atoms with Crippen LogP contribution >= 0.6 is 23.2 Å². The number of carboxylic acid groups (broad SMARTS) is 1. The number of aryl methyl sites for hydroxylation is 1. The number of halogens is 2. The number of carbonyl (C=O) groups excluding carboxylic acids is 1. The fourth-order valence-electron chi connectivity index (χ4n) is 5.95. The van der Waals surface area contributed by atoms with E-state index in [1.807, 2.05) is 64.1 Å². The van der Waals surface area contributed by atoms with Crippen molar-refractivity contribution in [2.75, 3.05) is 18.0 Å². The van der Waals surface area contributed by atoms with E-state index in [4.69, 9.17) is 32.7 Å². The number of amides is 1. The predicted octanol–water partition coefficient (Wildman–Crippen LogP) is 6.97. The van der Waals surface area contributed by atoms with Crippen molar-refractivity contribution >= 4 is 46.5 Å². The van der Waals surface area contributed by atoms with E-state index in [1.54, 1.807) is 4.90 Å². The van der Waals surface area contributed by atoms with E-state index in [-0.39, 0.29) is 12.1 Å². The van der Waals surface area contributed by atoms with E-state index in [9.17, 15) is 14.7 Å². The molecular weight excluding hydrogens is 539 g/mol. The van der Waals surface area contributed by atoms with Crippen LogP contribution in [0.4, 0.5) is 10.5 Å². The minimum Gasteiger partial charge on any atom is -0.485 e. The van der Waals surface area contributed by atoms with Crippen LogP contribution in [0.5, 0.6) is 5.75 Å². The molecule has 2 aromatic carbocycles. The summed E-state index contributed by atoms with van der Waals surface area (Å²) in [5, 5.41) is 11.2. The van der Waals surface area contributed by atoms with Gasteiger partial charge in [-0.15, -0.1) is 0 Å². The highest BCUT2D eigenvalue weighted by Gasteiger charge is 2.47.